The lowest BCUT2D eigenvalue weighted by molar-refractivity contribution is 0.0890. The number of ether oxygens (including phenoxy) is 1. The lowest BCUT2D eigenvalue weighted by atomic mass is 10.0. The van der Waals surface area contributed by atoms with Crippen LogP contribution in [0.4, 0.5) is 0 Å². The second-order valence-corrected chi connectivity index (χ2v) is 8.57. The first-order chi connectivity index (χ1) is 14.7. The molecular weight excluding hydrogens is 394 g/mol. The fraction of sp³-hybridized carbons (Fsp3) is 0.304. The Hall–Kier alpha value is -2.74. The van der Waals surface area contributed by atoms with Crippen molar-refractivity contribution in [1.29, 1.82) is 0 Å². The SMILES string of the molecule is COc1ccccc1-c1ccc2c([C@@H]3CN(Cc4ccsc4)CCN3C)nnn2c1. The van der Waals surface area contributed by atoms with Gasteiger partial charge in [-0.25, -0.2) is 4.52 Å². The largest absolute Gasteiger partial charge is 0.496 e. The van der Waals surface area contributed by atoms with Crippen molar-refractivity contribution in [2.75, 3.05) is 33.8 Å². The Morgan fingerprint density at radius 3 is 2.87 bits per heavy atom. The van der Waals surface area contributed by atoms with Gasteiger partial charge >= 0.3 is 0 Å². The highest BCUT2D eigenvalue weighted by atomic mass is 32.1. The van der Waals surface area contributed by atoms with Crippen LogP contribution < -0.4 is 4.74 Å². The van der Waals surface area contributed by atoms with Crippen LogP contribution in [0.25, 0.3) is 16.6 Å². The average Bonchev–Trinajstić information content (AvgIpc) is 3.44. The minimum Gasteiger partial charge on any atom is -0.496 e. The van der Waals surface area contributed by atoms with Crippen molar-refractivity contribution in [2.24, 2.45) is 0 Å². The summed E-state index contributed by atoms with van der Waals surface area (Å²) in [6.07, 6.45) is 2.04. The summed E-state index contributed by atoms with van der Waals surface area (Å²) in [6, 6.07) is 14.7. The van der Waals surface area contributed by atoms with Gasteiger partial charge in [-0.3, -0.25) is 9.80 Å². The van der Waals surface area contributed by atoms with Gasteiger partial charge < -0.3 is 4.74 Å². The van der Waals surface area contributed by atoms with E-state index in [0.29, 0.717) is 0 Å². The third-order valence-corrected chi connectivity index (χ3v) is 6.62. The van der Waals surface area contributed by atoms with Gasteiger partial charge in [0.2, 0.25) is 0 Å². The first-order valence-electron chi connectivity index (χ1n) is 10.1. The fourth-order valence-electron chi connectivity index (χ4n) is 4.20. The summed E-state index contributed by atoms with van der Waals surface area (Å²) in [5, 5.41) is 13.4. The van der Waals surface area contributed by atoms with Gasteiger partial charge in [0.15, 0.2) is 0 Å². The van der Waals surface area contributed by atoms with Gasteiger partial charge in [0.25, 0.3) is 0 Å². The zero-order valence-corrected chi connectivity index (χ0v) is 18.0. The number of para-hydroxylation sites is 1. The van der Waals surface area contributed by atoms with Crippen LogP contribution in [0, 0.1) is 0 Å². The van der Waals surface area contributed by atoms with E-state index in [0.717, 1.165) is 54.3 Å². The zero-order chi connectivity index (χ0) is 20.5. The molecule has 0 unspecified atom stereocenters. The van der Waals surface area contributed by atoms with Crippen LogP contribution in [-0.2, 0) is 6.54 Å². The molecule has 1 atom stereocenters. The third-order valence-electron chi connectivity index (χ3n) is 5.89. The number of pyridine rings is 1. The molecule has 0 bridgehead atoms. The second-order valence-electron chi connectivity index (χ2n) is 7.79. The molecule has 0 saturated carbocycles. The molecule has 6 nitrogen and oxygen atoms in total. The summed E-state index contributed by atoms with van der Waals surface area (Å²) in [6.45, 7) is 4.03. The minimum absolute atomic E-state index is 0.229. The van der Waals surface area contributed by atoms with Crippen LogP contribution in [0.3, 0.4) is 0 Å². The topological polar surface area (TPSA) is 45.9 Å². The highest BCUT2D eigenvalue weighted by molar-refractivity contribution is 7.07. The predicted octanol–water partition coefficient (Wildman–Crippen LogP) is 3.96. The third kappa shape index (κ3) is 3.60. The van der Waals surface area contributed by atoms with E-state index in [1.165, 1.54) is 5.56 Å². The van der Waals surface area contributed by atoms with Crippen LogP contribution in [0.5, 0.6) is 5.75 Å². The Balaban J connectivity index is 1.44. The second kappa shape index (κ2) is 8.18. The van der Waals surface area contributed by atoms with E-state index >= 15 is 0 Å². The summed E-state index contributed by atoms with van der Waals surface area (Å²) in [5.74, 6) is 0.855. The zero-order valence-electron chi connectivity index (χ0n) is 17.2. The van der Waals surface area contributed by atoms with Gasteiger partial charge in [0, 0.05) is 43.5 Å². The summed E-state index contributed by atoms with van der Waals surface area (Å²) in [4.78, 5) is 4.91. The van der Waals surface area contributed by atoms with Crippen LogP contribution in [0.1, 0.15) is 17.3 Å². The Bertz CT molecular complexity index is 1140. The molecule has 30 heavy (non-hydrogen) atoms. The van der Waals surface area contributed by atoms with Gasteiger partial charge in [-0.15, -0.1) is 5.10 Å². The van der Waals surface area contributed by atoms with Gasteiger partial charge in [0.1, 0.15) is 11.4 Å². The smallest absolute Gasteiger partial charge is 0.126 e. The Morgan fingerprint density at radius 2 is 2.03 bits per heavy atom. The molecular formula is C23H25N5OS. The number of likely N-dealkylation sites (N-methyl/N-ethyl adjacent to an activating group) is 1. The number of fused-ring (bicyclic) bond motifs is 1. The number of nitrogens with zero attached hydrogens (tertiary/aromatic N) is 5. The van der Waals surface area contributed by atoms with Gasteiger partial charge in [-0.2, -0.15) is 11.3 Å². The molecule has 1 aromatic carbocycles. The van der Waals surface area contributed by atoms with E-state index in [1.54, 1.807) is 18.4 Å². The van der Waals surface area contributed by atoms with Crippen LogP contribution in [-0.4, -0.2) is 58.4 Å². The number of thiophene rings is 1. The molecule has 4 aromatic rings. The maximum Gasteiger partial charge on any atom is 0.126 e. The standard InChI is InChI=1S/C23H25N5OS/c1-26-10-11-27(13-17-9-12-30-16-17)15-21(26)23-20-8-7-18(14-28(20)25-24-23)19-5-3-4-6-22(19)29-2/h3-9,12,14,16,21H,10-11,13,15H2,1-2H3/t21-/m0/s1. The normalized spacial score (nSPS) is 18.1. The fourth-order valence-corrected chi connectivity index (χ4v) is 4.86. The number of piperazine rings is 1. The average molecular weight is 420 g/mol. The molecule has 5 rings (SSSR count). The van der Waals surface area contributed by atoms with Crippen molar-refractivity contribution in [3.05, 3.63) is 70.7 Å². The molecule has 7 heteroatoms. The molecule has 1 aliphatic heterocycles. The number of benzene rings is 1. The maximum atomic E-state index is 5.52. The lowest BCUT2D eigenvalue weighted by Crippen LogP contribution is -2.46. The highest BCUT2D eigenvalue weighted by Gasteiger charge is 2.29. The molecule has 0 radical (unpaired) electrons. The number of hydrogen-bond donors (Lipinski definition) is 0. The van der Waals surface area contributed by atoms with E-state index in [9.17, 15) is 0 Å². The van der Waals surface area contributed by atoms with E-state index < -0.39 is 0 Å². The quantitative estimate of drug-likeness (QED) is 0.490. The Morgan fingerprint density at radius 1 is 1.13 bits per heavy atom. The van der Waals surface area contributed by atoms with E-state index in [2.05, 4.69) is 62.2 Å². The van der Waals surface area contributed by atoms with Gasteiger partial charge in [0.05, 0.1) is 18.7 Å². The Labute approximate surface area is 180 Å². The number of hydrogen-bond acceptors (Lipinski definition) is 6. The van der Waals surface area contributed by atoms with Crippen molar-refractivity contribution in [3.63, 3.8) is 0 Å². The maximum absolute atomic E-state index is 5.52. The monoisotopic (exact) mass is 419 g/mol. The molecule has 3 aromatic heterocycles. The summed E-state index contributed by atoms with van der Waals surface area (Å²) in [7, 11) is 3.88. The van der Waals surface area contributed by atoms with Gasteiger partial charge in [-0.05, 0) is 41.6 Å². The molecule has 1 aliphatic rings. The van der Waals surface area contributed by atoms with E-state index in [-0.39, 0.29) is 6.04 Å². The van der Waals surface area contributed by atoms with Crippen LogP contribution in [0.2, 0.25) is 0 Å². The number of methoxy groups -OCH3 is 1. The van der Waals surface area contributed by atoms with Gasteiger partial charge in [-0.1, -0.05) is 29.5 Å². The predicted molar refractivity (Wildman–Crippen MR) is 120 cm³/mol. The van der Waals surface area contributed by atoms with Crippen molar-refractivity contribution < 1.29 is 4.74 Å². The Kier molecular flexibility index (Phi) is 5.25. The van der Waals surface area contributed by atoms with Crippen LogP contribution >= 0.6 is 11.3 Å². The van der Waals surface area contributed by atoms with Crippen LogP contribution in [0.15, 0.2) is 59.4 Å². The molecule has 0 N–H and O–H groups in total. The van der Waals surface area contributed by atoms with Crippen molar-refractivity contribution >= 4 is 16.9 Å². The van der Waals surface area contributed by atoms with E-state index in [1.807, 2.05) is 28.9 Å². The molecule has 0 spiro atoms. The minimum atomic E-state index is 0.229. The first kappa shape index (κ1) is 19.2. The number of rotatable bonds is 5. The molecule has 1 fully saturated rings. The molecule has 1 saturated heterocycles. The van der Waals surface area contributed by atoms with Crippen molar-refractivity contribution in [1.82, 2.24) is 24.6 Å². The summed E-state index contributed by atoms with van der Waals surface area (Å²) in [5.41, 5.74) is 5.60. The molecule has 0 aliphatic carbocycles. The van der Waals surface area contributed by atoms with Crippen molar-refractivity contribution in [2.45, 2.75) is 12.6 Å². The summed E-state index contributed by atoms with van der Waals surface area (Å²) >= 11 is 1.76. The molecule has 154 valence electrons. The molecule has 4 heterocycles. The summed E-state index contributed by atoms with van der Waals surface area (Å²) < 4.78 is 7.42. The highest BCUT2D eigenvalue weighted by Crippen LogP contribution is 2.32. The van der Waals surface area contributed by atoms with E-state index in [4.69, 9.17) is 4.74 Å². The number of aromatic nitrogens is 3. The first-order valence-corrected chi connectivity index (χ1v) is 11.1. The van der Waals surface area contributed by atoms with Crippen molar-refractivity contribution in [3.8, 4) is 16.9 Å². The molecule has 0 amide bonds. The lowest BCUT2D eigenvalue weighted by Gasteiger charge is -2.38.